The molecule has 13 atom stereocenters. The van der Waals surface area contributed by atoms with Gasteiger partial charge in [-0.3, -0.25) is 9.59 Å². The monoisotopic (exact) mass is 1130 g/mol. The Morgan fingerprint density at radius 1 is 0.878 bits per heavy atom. The second kappa shape index (κ2) is 28.1. The van der Waals surface area contributed by atoms with E-state index in [0.717, 1.165) is 64.6 Å². The number of hydrogen-bond acceptors (Lipinski definition) is 12. The highest BCUT2D eigenvalue weighted by atomic mass is 16.4. The molecule has 4 heterocycles. The van der Waals surface area contributed by atoms with Crippen LogP contribution in [0.3, 0.4) is 0 Å². The van der Waals surface area contributed by atoms with Crippen molar-refractivity contribution in [3.63, 3.8) is 0 Å². The normalized spacial score (nSPS) is 29.9. The number of aromatic hydroxyl groups is 1. The summed E-state index contributed by atoms with van der Waals surface area (Å²) < 4.78 is 0. The molecule has 0 radical (unpaired) electrons. The zero-order chi connectivity index (χ0) is 58.8. The van der Waals surface area contributed by atoms with E-state index in [1.165, 1.54) is 0 Å². The molecule has 2 fully saturated rings. The van der Waals surface area contributed by atoms with Gasteiger partial charge in [-0.05, 0) is 172 Å². The molecular weight excluding hydrogens is 1040 g/mol. The number of hydrogen-bond donors (Lipinski definition) is 12. The summed E-state index contributed by atoms with van der Waals surface area (Å²) in [6.07, 6.45) is 9.87. The van der Waals surface area contributed by atoms with Crippen LogP contribution in [0.15, 0.2) is 96.1 Å². The molecule has 3 aromatic rings. The van der Waals surface area contributed by atoms with E-state index in [-0.39, 0.29) is 69.6 Å². The molecule has 1 spiro atoms. The number of nitrogens with one attached hydrogen (secondary N) is 2. The van der Waals surface area contributed by atoms with Crippen LogP contribution in [0.2, 0.25) is 0 Å². The maximum absolute atomic E-state index is 14.3. The largest absolute Gasteiger partial charge is 0.508 e. The van der Waals surface area contributed by atoms with E-state index in [0.29, 0.717) is 68.9 Å². The Hall–Kier alpha value is -5.18. The van der Waals surface area contributed by atoms with Gasteiger partial charge in [0.1, 0.15) is 5.75 Å². The quantitative estimate of drug-likeness (QED) is 0.0456. The SMILES string of the molecule is CCCCC(O)C(O)C=CC1=C(CC(O)CO)C2CCC(O)C3NC(C)CCC(C(O)Cc4ccc(cc4CC4(C(=O)O)CCCCC4)CC4(N2)C(C#Cc2c(CC)cccc2CC1)C=CCC4(O)Cc1ccc(O)cc1)C3CC(=O)O. The third kappa shape index (κ3) is 14.7. The van der Waals surface area contributed by atoms with Gasteiger partial charge in [0.25, 0.3) is 0 Å². The van der Waals surface area contributed by atoms with Gasteiger partial charge in [0, 0.05) is 30.1 Å². The zero-order valence-electron chi connectivity index (χ0n) is 48.5. The third-order valence-electron chi connectivity index (χ3n) is 19.4. The average Bonchev–Trinajstić information content (AvgIpc) is 1.42. The maximum Gasteiger partial charge on any atom is 0.309 e. The Morgan fingerprint density at radius 3 is 2.35 bits per heavy atom. The fourth-order valence-electron chi connectivity index (χ4n) is 14.7. The molecule has 3 aromatic carbocycles. The molecule has 9 rings (SSSR count). The smallest absolute Gasteiger partial charge is 0.309 e. The average molecular weight is 1130 g/mol. The molecule has 0 amide bonds. The number of aliphatic carboxylic acids is 2. The lowest BCUT2D eigenvalue weighted by Gasteiger charge is -2.54. The first kappa shape index (κ1) is 62.9. The topological polar surface area (TPSA) is 260 Å². The molecule has 0 aromatic heterocycles. The Labute approximate surface area is 485 Å². The molecule has 12 N–H and O–H groups in total. The van der Waals surface area contributed by atoms with Gasteiger partial charge in [-0.1, -0.05) is 131 Å². The van der Waals surface area contributed by atoms with Crippen molar-refractivity contribution in [1.82, 2.24) is 10.6 Å². The van der Waals surface area contributed by atoms with Gasteiger partial charge in [0.2, 0.25) is 0 Å². The van der Waals surface area contributed by atoms with Crippen LogP contribution in [-0.4, -0.2) is 129 Å². The van der Waals surface area contributed by atoms with Crippen LogP contribution in [0.5, 0.6) is 5.75 Å². The maximum atomic E-state index is 14.3. The summed E-state index contributed by atoms with van der Waals surface area (Å²) in [6, 6.07) is 17.1. The molecule has 1 saturated carbocycles. The predicted molar refractivity (Wildman–Crippen MR) is 317 cm³/mol. The van der Waals surface area contributed by atoms with Gasteiger partial charge in [-0.15, -0.1) is 0 Å². The first-order chi connectivity index (χ1) is 39.3. The number of phenolic OH excluding ortho intramolecular Hbond substituents is 1. The van der Waals surface area contributed by atoms with E-state index >= 15 is 0 Å². The Morgan fingerprint density at radius 2 is 1.65 bits per heavy atom. The van der Waals surface area contributed by atoms with E-state index in [1.54, 1.807) is 30.3 Å². The van der Waals surface area contributed by atoms with Crippen molar-refractivity contribution >= 4 is 11.9 Å². The molecule has 1 saturated heterocycles. The van der Waals surface area contributed by atoms with Gasteiger partial charge in [-0.25, -0.2) is 0 Å². The fourth-order valence-corrected chi connectivity index (χ4v) is 14.7. The standard InChI is InChI=1S/C68H92N2O12/c1-4-6-15-59(74)60(75)30-23-48-22-21-47-13-10-12-46(5-2)54(47)28-24-51-14-11-34-67(82,39-44-18-25-52(72)26-19-44)68(51)40-45-17-20-49(50(35-45)41-66(65(80)81)32-8-7-9-33-66)36-62(77)55-27-16-43(3)69-64(57(55)38-63(78)79)61(76)31-29-58(70-68)56(48)37-53(73)42-71/h10-14,17-20,23,25-26,30,35,43,51,53,55,57-62,64,69-77,82H,4-9,15-16,21-22,27,29,31-34,36-42H2,1-3H3,(H,78,79)(H,80,81). The van der Waals surface area contributed by atoms with E-state index in [4.69, 9.17) is 0 Å². The highest BCUT2D eigenvalue weighted by Gasteiger charge is 2.57. The molecule has 4 aliphatic heterocycles. The fraction of sp³-hybridized carbons (Fsp3) is 0.588. The van der Waals surface area contributed by atoms with Crippen LogP contribution in [-0.2, 0) is 48.1 Å². The van der Waals surface area contributed by atoms with Crippen LogP contribution >= 0.6 is 0 Å². The number of allylic oxidation sites excluding steroid dienone is 2. The summed E-state index contributed by atoms with van der Waals surface area (Å²) in [4.78, 5) is 26.7. The number of aryl methyl sites for hydroxylation is 2. The number of aliphatic hydroxyl groups excluding tert-OH is 6. The number of carbonyl (C=O) groups is 2. The number of phenols is 1. The highest BCUT2D eigenvalue weighted by Crippen LogP contribution is 2.47. The van der Waals surface area contributed by atoms with Gasteiger partial charge in [0.05, 0.1) is 66.0 Å². The van der Waals surface area contributed by atoms with Crippen LogP contribution in [0.1, 0.15) is 162 Å². The van der Waals surface area contributed by atoms with E-state index in [9.17, 15) is 60.7 Å². The van der Waals surface area contributed by atoms with E-state index in [2.05, 4.69) is 41.5 Å². The van der Waals surface area contributed by atoms with Gasteiger partial charge in [0.15, 0.2) is 0 Å². The van der Waals surface area contributed by atoms with Crippen molar-refractivity contribution in [2.75, 3.05) is 6.61 Å². The molecule has 13 unspecified atom stereocenters. The molecular formula is C68H92N2O12. The summed E-state index contributed by atoms with van der Waals surface area (Å²) in [7, 11) is 0. The molecule has 446 valence electrons. The van der Waals surface area contributed by atoms with Crippen molar-refractivity contribution in [3.8, 4) is 17.6 Å². The summed E-state index contributed by atoms with van der Waals surface area (Å²) in [5.41, 5.74) is 2.90. The summed E-state index contributed by atoms with van der Waals surface area (Å²) in [6.45, 7) is 5.50. The van der Waals surface area contributed by atoms with Crippen molar-refractivity contribution in [2.45, 2.75) is 222 Å². The lowest BCUT2D eigenvalue weighted by Crippen LogP contribution is -2.71. The van der Waals surface area contributed by atoms with Crippen LogP contribution in [0.4, 0.5) is 0 Å². The van der Waals surface area contributed by atoms with Crippen molar-refractivity contribution in [3.05, 3.63) is 135 Å². The predicted octanol–water partition coefficient (Wildman–Crippen LogP) is 7.73. The first-order valence-corrected chi connectivity index (χ1v) is 30.6. The van der Waals surface area contributed by atoms with E-state index in [1.807, 2.05) is 56.3 Å². The van der Waals surface area contributed by atoms with E-state index < -0.39 is 95.5 Å². The summed E-state index contributed by atoms with van der Waals surface area (Å²) in [5, 5.41) is 125. The minimum Gasteiger partial charge on any atom is -0.508 e. The minimum absolute atomic E-state index is 0.0594. The second-order valence-electron chi connectivity index (χ2n) is 25.0. The van der Waals surface area contributed by atoms with Crippen LogP contribution < -0.4 is 10.6 Å². The minimum atomic E-state index is -1.70. The molecule has 6 bridgehead atoms. The Balaban J connectivity index is 1.47. The Bertz CT molecular complexity index is 2810. The lowest BCUT2D eigenvalue weighted by molar-refractivity contribution is -0.151. The molecule has 2 aliphatic carbocycles. The number of aliphatic hydroxyl groups is 7. The third-order valence-corrected chi connectivity index (χ3v) is 19.4. The van der Waals surface area contributed by atoms with Gasteiger partial charge in [-0.2, -0.15) is 0 Å². The number of benzene rings is 3. The second-order valence-corrected chi connectivity index (χ2v) is 25.0. The first-order valence-electron chi connectivity index (χ1n) is 30.6. The van der Waals surface area contributed by atoms with Crippen molar-refractivity contribution in [2.24, 2.45) is 23.2 Å². The number of carboxylic acids is 2. The van der Waals surface area contributed by atoms with Crippen LogP contribution in [0, 0.1) is 35.0 Å². The number of rotatable bonds is 17. The van der Waals surface area contributed by atoms with Gasteiger partial charge >= 0.3 is 11.9 Å². The zero-order valence-corrected chi connectivity index (χ0v) is 48.5. The molecule has 82 heavy (non-hydrogen) atoms. The number of carboxylic acid groups (broad SMARTS) is 2. The van der Waals surface area contributed by atoms with Crippen molar-refractivity contribution in [1.29, 1.82) is 0 Å². The summed E-state index contributed by atoms with van der Waals surface area (Å²) in [5.74, 6) is 3.45. The molecule has 14 heteroatoms. The van der Waals surface area contributed by atoms with Crippen LogP contribution in [0.25, 0.3) is 0 Å². The molecule has 14 nitrogen and oxygen atoms in total. The highest BCUT2D eigenvalue weighted by molar-refractivity contribution is 5.75. The number of fused-ring (bicyclic) bond motifs is 6. The molecule has 6 aliphatic rings. The van der Waals surface area contributed by atoms with Crippen molar-refractivity contribution < 1.29 is 60.7 Å². The number of unbranched alkanes of at least 4 members (excludes halogenated alkanes) is 1. The Kier molecular flexibility index (Phi) is 21.6. The lowest BCUT2D eigenvalue weighted by atomic mass is 9.60. The van der Waals surface area contributed by atoms with Gasteiger partial charge < -0.3 is 61.7 Å². The summed E-state index contributed by atoms with van der Waals surface area (Å²) >= 11 is 0.